The van der Waals surface area contributed by atoms with E-state index in [-0.39, 0.29) is 47.0 Å². The fourth-order valence-electron chi connectivity index (χ4n) is 4.05. The molecule has 0 bridgehead atoms. The van der Waals surface area contributed by atoms with Crippen LogP contribution in [0.2, 0.25) is 0 Å². The van der Waals surface area contributed by atoms with Crippen LogP contribution in [0.1, 0.15) is 113 Å². The van der Waals surface area contributed by atoms with Crippen LogP contribution in [0, 0.1) is 0 Å². The van der Waals surface area contributed by atoms with Crippen molar-refractivity contribution in [2.45, 2.75) is 141 Å². The molecule has 2 radical (unpaired) electrons. The Labute approximate surface area is 292 Å². The van der Waals surface area contributed by atoms with Crippen molar-refractivity contribution in [3.63, 3.8) is 0 Å². The van der Waals surface area contributed by atoms with Crippen LogP contribution in [0.3, 0.4) is 0 Å². The number of hydrogen-bond acceptors (Lipinski definition) is 9. The summed E-state index contributed by atoms with van der Waals surface area (Å²) < 4.78 is 0. The molecule has 1 rings (SSSR count). The highest BCUT2D eigenvalue weighted by atomic mass is 32.2. The van der Waals surface area contributed by atoms with E-state index in [4.69, 9.17) is 4.79 Å². The molecule has 4 N–H and O–H groups in total. The summed E-state index contributed by atoms with van der Waals surface area (Å²) in [6.07, 6.45) is 9.49. The summed E-state index contributed by atoms with van der Waals surface area (Å²) in [5.41, 5.74) is 0. The number of rotatable bonds is 22. The molecule has 4 unspecified atom stereocenters. The molecule has 0 aromatic rings. The van der Waals surface area contributed by atoms with Crippen molar-refractivity contribution in [2.75, 3.05) is 18.2 Å². The lowest BCUT2D eigenvalue weighted by Gasteiger charge is -2.17. The Morgan fingerprint density at radius 3 is 2.13 bits per heavy atom. The molecule has 1 heterocycles. The molecule has 0 aliphatic carbocycles. The van der Waals surface area contributed by atoms with Crippen LogP contribution in [-0.2, 0) is 33.6 Å². The van der Waals surface area contributed by atoms with Gasteiger partial charge in [0, 0.05) is 30.7 Å². The van der Waals surface area contributed by atoms with Crippen LogP contribution >= 0.6 is 23.5 Å². The lowest BCUT2D eigenvalue weighted by molar-refractivity contribution is -0.138. The second-order valence-corrected chi connectivity index (χ2v) is 14.2. The largest absolute Gasteiger partial charge is 0.352 e. The number of imide groups is 1. The number of nitrogens with zero attached hydrogens (tertiary/aromatic N) is 1. The van der Waals surface area contributed by atoms with Gasteiger partial charge in [0.05, 0.1) is 17.3 Å². The summed E-state index contributed by atoms with van der Waals surface area (Å²) in [7, 11) is 4.17. The highest BCUT2D eigenvalue weighted by Crippen LogP contribution is 2.29. The minimum Gasteiger partial charge on any atom is -0.352 e. The molecule has 6 amide bonds. The van der Waals surface area contributed by atoms with Crippen molar-refractivity contribution in [1.29, 1.82) is 0 Å². The molecule has 12 nitrogen and oxygen atoms in total. The Hall–Kier alpha value is -2.55. The number of carbonyl (C=O) groups excluding carboxylic acids is 7. The number of unbranched alkanes of at least 4 members (excludes halogenated alkanes) is 5. The van der Waals surface area contributed by atoms with Crippen molar-refractivity contribution in [3.8, 4) is 0 Å². The fourth-order valence-corrected chi connectivity index (χ4v) is 6.08. The summed E-state index contributed by atoms with van der Waals surface area (Å²) >= 11 is 3.30. The van der Waals surface area contributed by atoms with Crippen molar-refractivity contribution in [2.24, 2.45) is 0 Å². The molecule has 1 aliphatic heterocycles. The van der Waals surface area contributed by atoms with Crippen LogP contribution in [0.4, 0.5) is 0 Å². The zero-order chi connectivity index (χ0) is 36.2. The van der Waals surface area contributed by atoms with Crippen molar-refractivity contribution in [3.05, 3.63) is 0 Å². The smallest absolute Gasteiger partial charge is 0.242 e. The van der Waals surface area contributed by atoms with Gasteiger partial charge in [0.1, 0.15) is 12.1 Å². The maximum atomic E-state index is 12.4. The van der Waals surface area contributed by atoms with Gasteiger partial charge in [0.15, 0.2) is 7.85 Å². The number of thioether (sulfide) groups is 2. The van der Waals surface area contributed by atoms with Crippen LogP contribution in [0.15, 0.2) is 0 Å². The summed E-state index contributed by atoms with van der Waals surface area (Å²) in [6.45, 7) is 13.8. The number of likely N-dealkylation sites (tertiary alicyclic amines) is 1. The summed E-state index contributed by atoms with van der Waals surface area (Å²) in [5.74, 6) is 1.05. The van der Waals surface area contributed by atoms with Gasteiger partial charge in [-0.1, -0.05) is 46.5 Å². The molecule has 47 heavy (non-hydrogen) atoms. The minimum atomic E-state index is -0.560. The summed E-state index contributed by atoms with van der Waals surface area (Å²) in [4.78, 5) is 79.6. The SMILES string of the molecule is CCC(C)SC1CC(=O)N(CCCCCC(=O)NC(C)C(=O)NC(C)C)C1=O.CCCCCCSCNC(=O)C(C)NC=O.[B]C=O. The summed E-state index contributed by atoms with van der Waals surface area (Å²) in [6, 6.07) is -0.973. The summed E-state index contributed by atoms with van der Waals surface area (Å²) in [5, 5.41) is 10.7. The Kier molecular flexibility index (Phi) is 29.3. The van der Waals surface area contributed by atoms with Crippen LogP contribution in [0.25, 0.3) is 0 Å². The zero-order valence-corrected chi connectivity index (χ0v) is 31.1. The third kappa shape index (κ3) is 24.3. The van der Waals surface area contributed by atoms with E-state index >= 15 is 0 Å². The second-order valence-electron chi connectivity index (χ2n) is 11.5. The number of hydrogen-bond donors (Lipinski definition) is 4. The zero-order valence-electron chi connectivity index (χ0n) is 29.4. The second kappa shape index (κ2) is 29.6. The average molecular weight is 700 g/mol. The highest BCUT2D eigenvalue weighted by molar-refractivity contribution is 8.01. The molecular formula is C32H58BN5O7S2. The maximum absolute atomic E-state index is 12.4. The standard InChI is InChI=1S/C20H35N3O4S.C11H22N2O2S.CHBO/c1-6-14(4)28-16-12-18(25)23(20(16)27)11-9-7-8-10-17(24)22-15(5)19(26)21-13(2)3;1-3-4-5-6-7-16-9-13-11(15)10(2)12-8-14;2-1-3/h13-16H,6-12H2,1-5H3,(H,21,26)(H,22,24);8,10H,3-7,9H2,1-2H3,(H,12,14)(H,13,15);1H. The minimum absolute atomic E-state index is 0.0334. The quantitative estimate of drug-likeness (QED) is 0.0436. The first kappa shape index (κ1) is 46.6. The maximum Gasteiger partial charge on any atom is 0.242 e. The first-order valence-electron chi connectivity index (χ1n) is 16.6. The van der Waals surface area contributed by atoms with Crippen LogP contribution in [0.5, 0.6) is 0 Å². The lowest BCUT2D eigenvalue weighted by Crippen LogP contribution is -2.46. The van der Waals surface area contributed by atoms with E-state index in [1.54, 1.807) is 37.4 Å². The van der Waals surface area contributed by atoms with E-state index < -0.39 is 12.1 Å². The van der Waals surface area contributed by atoms with Gasteiger partial charge in [0.25, 0.3) is 0 Å². The van der Waals surface area contributed by atoms with E-state index in [1.165, 1.54) is 30.6 Å². The fraction of sp³-hybridized carbons (Fsp3) is 0.781. The first-order valence-corrected chi connectivity index (χ1v) is 18.7. The van der Waals surface area contributed by atoms with Gasteiger partial charge >= 0.3 is 0 Å². The molecule has 0 aromatic carbocycles. The lowest BCUT2D eigenvalue weighted by atomic mass is 10.1. The first-order chi connectivity index (χ1) is 22.3. The van der Waals surface area contributed by atoms with Crippen molar-refractivity contribution in [1.82, 2.24) is 26.2 Å². The molecular weight excluding hydrogens is 641 g/mol. The Morgan fingerprint density at radius 1 is 0.915 bits per heavy atom. The molecule has 0 saturated carbocycles. The molecule has 1 fully saturated rings. The van der Waals surface area contributed by atoms with Gasteiger partial charge in [-0.3, -0.25) is 33.7 Å². The van der Waals surface area contributed by atoms with Gasteiger partial charge in [-0.15, -0.1) is 23.5 Å². The predicted molar refractivity (Wildman–Crippen MR) is 193 cm³/mol. The monoisotopic (exact) mass is 699 g/mol. The third-order valence-corrected chi connectivity index (χ3v) is 9.28. The molecule has 1 saturated heterocycles. The van der Waals surface area contributed by atoms with E-state index in [1.807, 2.05) is 13.8 Å². The van der Waals surface area contributed by atoms with Gasteiger partial charge in [-0.25, -0.2) is 0 Å². The van der Waals surface area contributed by atoms with E-state index in [0.717, 1.165) is 18.6 Å². The predicted octanol–water partition coefficient (Wildman–Crippen LogP) is 3.09. The van der Waals surface area contributed by atoms with Crippen LogP contribution < -0.4 is 21.3 Å². The van der Waals surface area contributed by atoms with Crippen molar-refractivity contribution < 1.29 is 33.6 Å². The van der Waals surface area contributed by atoms with Gasteiger partial charge in [-0.05, 0) is 59.1 Å². The molecule has 4 atom stereocenters. The van der Waals surface area contributed by atoms with Gasteiger partial charge in [-0.2, -0.15) is 0 Å². The van der Waals surface area contributed by atoms with E-state index in [2.05, 4.69) is 49.9 Å². The highest BCUT2D eigenvalue weighted by Gasteiger charge is 2.38. The average Bonchev–Trinajstić information content (AvgIpc) is 3.27. The Balaban J connectivity index is 0. The van der Waals surface area contributed by atoms with E-state index in [9.17, 15) is 28.8 Å². The topological polar surface area (TPSA) is 171 Å². The number of amides is 6. The van der Waals surface area contributed by atoms with Crippen molar-refractivity contribution >= 4 is 73.5 Å². The van der Waals surface area contributed by atoms with Crippen LogP contribution in [-0.4, -0.2) is 102 Å². The van der Waals surface area contributed by atoms with Gasteiger partial charge < -0.3 is 26.1 Å². The molecule has 15 heteroatoms. The third-order valence-electron chi connectivity index (χ3n) is 6.86. The molecule has 0 spiro atoms. The normalized spacial score (nSPS) is 15.7. The van der Waals surface area contributed by atoms with Gasteiger partial charge in [0.2, 0.25) is 35.9 Å². The van der Waals surface area contributed by atoms with E-state index in [0.29, 0.717) is 49.8 Å². The number of carbonyl (C=O) groups is 7. The Morgan fingerprint density at radius 2 is 1.55 bits per heavy atom. The Bertz CT molecular complexity index is 946. The molecule has 1 aliphatic rings. The molecule has 268 valence electrons. The molecule has 0 aromatic heterocycles. The number of nitrogens with one attached hydrogen (secondary N) is 4.